The highest BCUT2D eigenvalue weighted by Gasteiger charge is 2.18. The summed E-state index contributed by atoms with van der Waals surface area (Å²) >= 11 is 0. The summed E-state index contributed by atoms with van der Waals surface area (Å²) in [5.41, 5.74) is 9.06. The van der Waals surface area contributed by atoms with Crippen LogP contribution in [0.3, 0.4) is 0 Å². The summed E-state index contributed by atoms with van der Waals surface area (Å²) in [6.45, 7) is 11.1. The molecule has 0 spiro atoms. The predicted molar refractivity (Wildman–Crippen MR) is 181 cm³/mol. The third kappa shape index (κ3) is 7.02. The maximum absolute atomic E-state index is 13.3. The summed E-state index contributed by atoms with van der Waals surface area (Å²) < 4.78 is 27.5. The minimum atomic E-state index is -3.69. The Bertz CT molecular complexity index is 2010. The smallest absolute Gasteiger partial charge is 0.265 e. The molecule has 8 heteroatoms. The van der Waals surface area contributed by atoms with Crippen molar-refractivity contribution in [1.29, 1.82) is 0 Å². The van der Waals surface area contributed by atoms with Crippen molar-refractivity contribution >= 4 is 32.7 Å². The minimum Gasteiger partial charge on any atom is -0.346 e. The number of carbonyl (C=O) groups excluding carboxylic acids is 2. The van der Waals surface area contributed by atoms with Crippen LogP contribution in [0.1, 0.15) is 81.4 Å². The molecule has 4 aromatic carbocycles. The van der Waals surface area contributed by atoms with E-state index in [1.165, 1.54) is 5.56 Å². The zero-order chi connectivity index (χ0) is 32.5. The van der Waals surface area contributed by atoms with Crippen LogP contribution in [0.4, 0.5) is 0 Å². The average Bonchev–Trinajstić information content (AvgIpc) is 3.24. The zero-order valence-corrected chi connectivity index (χ0v) is 27.3. The Morgan fingerprint density at radius 1 is 0.800 bits per heavy atom. The van der Waals surface area contributed by atoms with Gasteiger partial charge < -0.3 is 9.88 Å². The van der Waals surface area contributed by atoms with E-state index in [4.69, 9.17) is 0 Å². The number of hydrogen-bond acceptors (Lipinski definition) is 4. The first-order chi connectivity index (χ1) is 21.3. The topological polar surface area (TPSA) is 97.3 Å². The summed E-state index contributed by atoms with van der Waals surface area (Å²) in [6, 6.07) is 29.0. The molecule has 1 atom stereocenters. The Labute approximate surface area is 265 Å². The molecule has 7 nitrogen and oxygen atoms in total. The highest BCUT2D eigenvalue weighted by atomic mass is 32.2. The van der Waals surface area contributed by atoms with Gasteiger partial charge in [-0.2, -0.15) is 0 Å². The molecule has 0 radical (unpaired) electrons. The van der Waals surface area contributed by atoms with Crippen LogP contribution in [0.5, 0.6) is 0 Å². The van der Waals surface area contributed by atoms with Gasteiger partial charge in [-0.25, -0.2) is 13.1 Å². The molecule has 2 amide bonds. The fourth-order valence-corrected chi connectivity index (χ4v) is 6.12. The van der Waals surface area contributed by atoms with Crippen molar-refractivity contribution in [2.45, 2.75) is 53.1 Å². The Balaban J connectivity index is 1.36. The van der Waals surface area contributed by atoms with Crippen molar-refractivity contribution in [2.75, 3.05) is 6.26 Å². The number of aryl methyl sites for hydroxylation is 1. The number of aromatic nitrogens is 1. The number of nitrogens with zero attached hydrogens (tertiary/aromatic N) is 1. The van der Waals surface area contributed by atoms with Gasteiger partial charge in [0.25, 0.3) is 11.8 Å². The van der Waals surface area contributed by atoms with Gasteiger partial charge >= 0.3 is 0 Å². The van der Waals surface area contributed by atoms with Gasteiger partial charge in [0.1, 0.15) is 0 Å². The second-order valence-corrected chi connectivity index (χ2v) is 13.7. The summed E-state index contributed by atoms with van der Waals surface area (Å²) in [6.07, 6.45) is 0.959. The molecule has 0 aliphatic rings. The van der Waals surface area contributed by atoms with E-state index in [-0.39, 0.29) is 17.5 Å². The van der Waals surface area contributed by atoms with Crippen LogP contribution < -0.4 is 10.0 Å². The third-order valence-electron chi connectivity index (χ3n) is 8.38. The molecule has 0 aliphatic heterocycles. The van der Waals surface area contributed by atoms with Crippen molar-refractivity contribution in [2.24, 2.45) is 0 Å². The molecule has 0 fully saturated rings. The van der Waals surface area contributed by atoms with Gasteiger partial charge in [0.2, 0.25) is 10.0 Å². The lowest BCUT2D eigenvalue weighted by molar-refractivity contribution is 0.0938. The Morgan fingerprint density at radius 2 is 1.49 bits per heavy atom. The SMILES string of the molecule is Cc1c(C)n(Cc2ccc(-c3ccccc3C(=O)NS(C)(=O)=O)cc2)c2ccc(C(=O)N[C@@H](C)c3cccc(C(C)C)c3)cc12. The van der Waals surface area contributed by atoms with Crippen LogP contribution in [-0.4, -0.2) is 31.1 Å². The van der Waals surface area contributed by atoms with E-state index in [9.17, 15) is 18.0 Å². The zero-order valence-electron chi connectivity index (χ0n) is 26.5. The quantitative estimate of drug-likeness (QED) is 0.181. The number of fused-ring (bicyclic) bond motifs is 1. The van der Waals surface area contributed by atoms with Gasteiger partial charge in [-0.1, -0.05) is 80.6 Å². The molecule has 1 heterocycles. The Kier molecular flexibility index (Phi) is 8.98. The van der Waals surface area contributed by atoms with Crippen LogP contribution in [0.25, 0.3) is 22.0 Å². The number of benzene rings is 4. The van der Waals surface area contributed by atoms with Crippen LogP contribution >= 0.6 is 0 Å². The first-order valence-corrected chi connectivity index (χ1v) is 16.9. The standard InChI is InChI=1S/C37H39N3O4S/c1-23(2)29-10-9-11-30(20-29)25(4)38-36(41)31-18-19-35-34(21-31)24(3)26(5)40(35)22-27-14-16-28(17-15-27)32-12-7-8-13-33(32)37(42)39-45(6,43)44/h7-21,23,25H,22H2,1-6H3,(H,38,41)(H,39,42)/t25-/m0/s1. The first-order valence-electron chi connectivity index (χ1n) is 15.0. The fraction of sp³-hybridized carbons (Fsp3) is 0.243. The van der Waals surface area contributed by atoms with Crippen LogP contribution in [0, 0.1) is 13.8 Å². The summed E-state index contributed by atoms with van der Waals surface area (Å²) in [5, 5.41) is 4.20. The number of sulfonamides is 1. The van der Waals surface area contributed by atoms with Crippen molar-refractivity contribution in [3.63, 3.8) is 0 Å². The van der Waals surface area contributed by atoms with E-state index in [1.807, 2.05) is 61.5 Å². The maximum Gasteiger partial charge on any atom is 0.265 e. The second-order valence-electron chi connectivity index (χ2n) is 12.0. The molecule has 0 saturated heterocycles. The molecular formula is C37H39N3O4S. The largest absolute Gasteiger partial charge is 0.346 e. The highest BCUT2D eigenvalue weighted by Crippen LogP contribution is 2.29. The number of amides is 2. The monoisotopic (exact) mass is 621 g/mol. The van der Waals surface area contributed by atoms with E-state index < -0.39 is 15.9 Å². The lowest BCUT2D eigenvalue weighted by atomic mass is 9.98. The number of rotatable bonds is 9. The van der Waals surface area contributed by atoms with Crippen molar-refractivity contribution in [1.82, 2.24) is 14.6 Å². The third-order valence-corrected chi connectivity index (χ3v) is 8.94. The Morgan fingerprint density at radius 3 is 2.18 bits per heavy atom. The summed E-state index contributed by atoms with van der Waals surface area (Å²) in [5.74, 6) is -0.350. The molecular weight excluding hydrogens is 582 g/mol. The number of nitrogens with one attached hydrogen (secondary N) is 2. The molecule has 5 rings (SSSR count). The minimum absolute atomic E-state index is 0.106. The van der Waals surface area contributed by atoms with Crippen LogP contribution in [0.15, 0.2) is 91.0 Å². The highest BCUT2D eigenvalue weighted by molar-refractivity contribution is 7.89. The average molecular weight is 622 g/mol. The molecule has 2 N–H and O–H groups in total. The van der Waals surface area contributed by atoms with Crippen LogP contribution in [0.2, 0.25) is 0 Å². The second kappa shape index (κ2) is 12.7. The predicted octanol–water partition coefficient (Wildman–Crippen LogP) is 7.28. The summed E-state index contributed by atoms with van der Waals surface area (Å²) in [4.78, 5) is 25.9. The molecule has 0 unspecified atom stereocenters. The molecule has 5 aromatic rings. The maximum atomic E-state index is 13.3. The van der Waals surface area contributed by atoms with Crippen LogP contribution in [-0.2, 0) is 16.6 Å². The van der Waals surface area contributed by atoms with Crippen molar-refractivity contribution in [3.05, 3.63) is 130 Å². The molecule has 1 aromatic heterocycles. The molecule has 0 aliphatic carbocycles. The summed E-state index contributed by atoms with van der Waals surface area (Å²) in [7, 11) is -3.69. The molecule has 232 valence electrons. The number of hydrogen-bond donors (Lipinski definition) is 2. The van der Waals surface area contributed by atoms with Gasteiger partial charge in [0.15, 0.2) is 0 Å². The van der Waals surface area contributed by atoms with E-state index >= 15 is 0 Å². The van der Waals surface area contributed by atoms with E-state index in [1.54, 1.807) is 18.2 Å². The normalized spacial score (nSPS) is 12.3. The first kappa shape index (κ1) is 31.7. The van der Waals surface area contributed by atoms with Gasteiger partial charge in [-0.3, -0.25) is 9.59 Å². The lowest BCUT2D eigenvalue weighted by Crippen LogP contribution is -2.29. The van der Waals surface area contributed by atoms with Gasteiger partial charge in [-0.05, 0) is 84.3 Å². The van der Waals surface area contributed by atoms with Gasteiger partial charge in [-0.15, -0.1) is 0 Å². The number of carbonyl (C=O) groups is 2. The fourth-order valence-electron chi connectivity index (χ4n) is 5.67. The molecule has 0 bridgehead atoms. The Hall–Kier alpha value is -4.69. The van der Waals surface area contributed by atoms with Gasteiger partial charge in [0, 0.05) is 34.3 Å². The van der Waals surface area contributed by atoms with Crippen molar-refractivity contribution < 1.29 is 18.0 Å². The van der Waals surface area contributed by atoms with E-state index in [2.05, 4.69) is 60.5 Å². The molecule has 0 saturated carbocycles. The van der Waals surface area contributed by atoms with E-state index in [0.29, 0.717) is 23.6 Å². The van der Waals surface area contributed by atoms with Crippen molar-refractivity contribution in [3.8, 4) is 11.1 Å². The van der Waals surface area contributed by atoms with Gasteiger partial charge in [0.05, 0.1) is 12.3 Å². The molecule has 45 heavy (non-hydrogen) atoms. The van der Waals surface area contributed by atoms with E-state index in [0.717, 1.165) is 45.1 Å². The lowest BCUT2D eigenvalue weighted by Gasteiger charge is -2.16.